The fourth-order valence-corrected chi connectivity index (χ4v) is 3.00. The molecule has 0 bridgehead atoms. The summed E-state index contributed by atoms with van der Waals surface area (Å²) in [5.74, 6) is -0.256. The Morgan fingerprint density at radius 2 is 1.21 bits per heavy atom. The molecule has 29 heavy (non-hydrogen) atoms. The molecule has 0 atom stereocenters. The molecule has 0 unspecified atom stereocenters. The van der Waals surface area contributed by atoms with E-state index in [9.17, 15) is 9.59 Å². The van der Waals surface area contributed by atoms with Crippen molar-refractivity contribution in [3.8, 4) is 0 Å². The Kier molecular flexibility index (Phi) is 6.82. The highest BCUT2D eigenvalue weighted by Crippen LogP contribution is 2.23. The smallest absolute Gasteiger partial charge is 0.185 e. The molecule has 144 valence electrons. The molecule has 0 saturated heterocycles. The predicted octanol–water partition coefficient (Wildman–Crippen LogP) is 7.09. The molecule has 4 heteroatoms. The molecule has 0 N–H and O–H groups in total. The Morgan fingerprint density at radius 3 is 1.76 bits per heavy atom. The molecule has 0 aliphatic heterocycles. The normalized spacial score (nSPS) is 11.3. The van der Waals surface area contributed by atoms with Gasteiger partial charge in [-0.2, -0.15) is 0 Å². The van der Waals surface area contributed by atoms with E-state index in [0.717, 1.165) is 16.7 Å². The monoisotopic (exact) mass is 420 g/mol. The number of benzene rings is 3. The van der Waals surface area contributed by atoms with E-state index < -0.39 is 0 Å². The predicted molar refractivity (Wildman–Crippen MR) is 121 cm³/mol. The standard InChI is InChI=1S/C25H18Cl2O2/c1-17-6-8-20(9-7-17)24(28)14-11-18-4-2-3-5-19(18)12-15-25(29)21-10-13-22(26)23(27)16-21/h2-16H,1H3/b14-11+,15-12+. The fraction of sp³-hybridized carbons (Fsp3) is 0.0400. The van der Waals surface area contributed by atoms with Crippen LogP contribution in [0.5, 0.6) is 0 Å². The number of carbonyl (C=O) groups excluding carboxylic acids is 2. The first-order valence-electron chi connectivity index (χ1n) is 8.99. The average molecular weight is 421 g/mol. The minimum Gasteiger partial charge on any atom is -0.289 e. The molecule has 3 aromatic carbocycles. The van der Waals surface area contributed by atoms with Gasteiger partial charge < -0.3 is 0 Å². The number of hydrogen-bond donors (Lipinski definition) is 0. The summed E-state index contributed by atoms with van der Waals surface area (Å²) in [4.78, 5) is 24.8. The summed E-state index contributed by atoms with van der Waals surface area (Å²) in [6.45, 7) is 1.98. The second-order valence-corrected chi connectivity index (χ2v) is 7.33. The summed E-state index contributed by atoms with van der Waals surface area (Å²) in [6, 6.07) is 19.7. The van der Waals surface area contributed by atoms with Gasteiger partial charge in [0.2, 0.25) is 0 Å². The topological polar surface area (TPSA) is 34.1 Å². The van der Waals surface area contributed by atoms with Gasteiger partial charge in [-0.05, 0) is 48.4 Å². The number of allylic oxidation sites excluding steroid dienone is 2. The first-order valence-corrected chi connectivity index (χ1v) is 9.75. The van der Waals surface area contributed by atoms with Crippen LogP contribution in [0.25, 0.3) is 12.2 Å². The SMILES string of the molecule is Cc1ccc(C(=O)/C=C/c2ccccc2/C=C/C(=O)c2ccc(Cl)c(Cl)c2)cc1. The summed E-state index contributed by atoms with van der Waals surface area (Å²) in [6.07, 6.45) is 6.50. The van der Waals surface area contributed by atoms with Crippen molar-refractivity contribution in [3.63, 3.8) is 0 Å². The average Bonchev–Trinajstić information content (AvgIpc) is 2.73. The van der Waals surface area contributed by atoms with E-state index in [1.54, 1.807) is 30.4 Å². The summed E-state index contributed by atoms with van der Waals surface area (Å²) in [5, 5.41) is 0.741. The van der Waals surface area contributed by atoms with E-state index in [4.69, 9.17) is 23.2 Å². The number of ketones is 2. The minimum absolute atomic E-state index is 0.0735. The molecular formula is C25H18Cl2O2. The van der Waals surface area contributed by atoms with E-state index in [1.807, 2.05) is 55.5 Å². The number of halogens is 2. The van der Waals surface area contributed by atoms with Gasteiger partial charge in [-0.3, -0.25) is 9.59 Å². The lowest BCUT2D eigenvalue weighted by Crippen LogP contribution is -1.95. The van der Waals surface area contributed by atoms with Crippen molar-refractivity contribution in [2.75, 3.05) is 0 Å². The molecule has 0 heterocycles. The second kappa shape index (κ2) is 9.51. The van der Waals surface area contributed by atoms with Crippen LogP contribution in [0.4, 0.5) is 0 Å². The van der Waals surface area contributed by atoms with Crippen molar-refractivity contribution in [1.29, 1.82) is 0 Å². The van der Waals surface area contributed by atoms with Gasteiger partial charge in [0.1, 0.15) is 0 Å². The van der Waals surface area contributed by atoms with Crippen LogP contribution >= 0.6 is 23.2 Å². The van der Waals surface area contributed by atoms with Crippen molar-refractivity contribution < 1.29 is 9.59 Å². The third-order valence-corrected chi connectivity index (χ3v) is 5.10. The molecule has 0 aromatic heterocycles. The van der Waals surface area contributed by atoms with E-state index in [0.29, 0.717) is 21.2 Å². The van der Waals surface area contributed by atoms with Gasteiger partial charge in [0.05, 0.1) is 10.0 Å². The zero-order valence-electron chi connectivity index (χ0n) is 15.7. The van der Waals surface area contributed by atoms with Crippen LogP contribution in [-0.2, 0) is 0 Å². The lowest BCUT2D eigenvalue weighted by molar-refractivity contribution is 0.103. The maximum atomic E-state index is 12.4. The summed E-state index contributed by atoms with van der Waals surface area (Å²) in [5.41, 5.74) is 3.86. The van der Waals surface area contributed by atoms with E-state index >= 15 is 0 Å². The lowest BCUT2D eigenvalue weighted by atomic mass is 10.0. The Bertz CT molecular complexity index is 1110. The first-order chi connectivity index (χ1) is 13.9. The van der Waals surface area contributed by atoms with E-state index in [2.05, 4.69) is 0 Å². The highest BCUT2D eigenvalue weighted by atomic mass is 35.5. The van der Waals surface area contributed by atoms with E-state index in [-0.39, 0.29) is 11.6 Å². The zero-order chi connectivity index (χ0) is 20.8. The molecule has 0 radical (unpaired) electrons. The van der Waals surface area contributed by atoms with Gasteiger partial charge in [-0.25, -0.2) is 0 Å². The highest BCUT2D eigenvalue weighted by Gasteiger charge is 2.06. The number of hydrogen-bond acceptors (Lipinski definition) is 2. The molecule has 0 aliphatic carbocycles. The van der Waals surface area contributed by atoms with Crippen molar-refractivity contribution in [2.24, 2.45) is 0 Å². The Hall–Kier alpha value is -2.94. The van der Waals surface area contributed by atoms with Crippen LogP contribution in [0.3, 0.4) is 0 Å². The molecule has 0 aliphatic rings. The van der Waals surface area contributed by atoms with Crippen molar-refractivity contribution >= 4 is 46.9 Å². The van der Waals surface area contributed by atoms with Gasteiger partial charge in [0, 0.05) is 11.1 Å². The van der Waals surface area contributed by atoms with Gasteiger partial charge in [0.25, 0.3) is 0 Å². The number of rotatable bonds is 6. The van der Waals surface area contributed by atoms with Crippen LogP contribution in [0, 0.1) is 6.92 Å². The molecule has 3 aromatic rings. The molecule has 0 saturated carbocycles. The van der Waals surface area contributed by atoms with Crippen molar-refractivity contribution in [2.45, 2.75) is 6.92 Å². The van der Waals surface area contributed by atoms with Gasteiger partial charge in [0.15, 0.2) is 11.6 Å². The molecular weight excluding hydrogens is 403 g/mol. The summed E-state index contributed by atoms with van der Waals surface area (Å²) < 4.78 is 0. The quantitative estimate of drug-likeness (QED) is 0.314. The Labute approximate surface area is 180 Å². The van der Waals surface area contributed by atoms with Crippen LogP contribution in [0.15, 0.2) is 78.9 Å². The minimum atomic E-state index is -0.182. The maximum Gasteiger partial charge on any atom is 0.185 e. The molecule has 0 amide bonds. The number of carbonyl (C=O) groups is 2. The first kappa shape index (κ1) is 20.8. The van der Waals surface area contributed by atoms with Crippen LogP contribution in [-0.4, -0.2) is 11.6 Å². The molecule has 3 rings (SSSR count). The Balaban J connectivity index is 1.78. The highest BCUT2D eigenvalue weighted by molar-refractivity contribution is 6.42. The Morgan fingerprint density at radius 1 is 0.690 bits per heavy atom. The number of aryl methyl sites for hydroxylation is 1. The van der Waals surface area contributed by atoms with Gasteiger partial charge >= 0.3 is 0 Å². The van der Waals surface area contributed by atoms with Crippen LogP contribution in [0.1, 0.15) is 37.4 Å². The zero-order valence-corrected chi connectivity index (χ0v) is 17.2. The summed E-state index contributed by atoms with van der Waals surface area (Å²) in [7, 11) is 0. The van der Waals surface area contributed by atoms with Crippen molar-refractivity contribution in [3.05, 3.63) is 117 Å². The third kappa shape index (κ3) is 5.54. The lowest BCUT2D eigenvalue weighted by Gasteiger charge is -2.02. The van der Waals surface area contributed by atoms with E-state index in [1.165, 1.54) is 12.2 Å². The molecule has 0 spiro atoms. The van der Waals surface area contributed by atoms with Gasteiger partial charge in [-0.15, -0.1) is 0 Å². The van der Waals surface area contributed by atoms with Crippen molar-refractivity contribution in [1.82, 2.24) is 0 Å². The van der Waals surface area contributed by atoms with Gasteiger partial charge in [-0.1, -0.05) is 89.4 Å². The molecule has 0 fully saturated rings. The summed E-state index contributed by atoms with van der Waals surface area (Å²) >= 11 is 11.9. The maximum absolute atomic E-state index is 12.4. The third-order valence-electron chi connectivity index (χ3n) is 4.36. The second-order valence-electron chi connectivity index (χ2n) is 6.52. The molecule has 2 nitrogen and oxygen atoms in total. The largest absolute Gasteiger partial charge is 0.289 e. The van der Waals surface area contributed by atoms with Crippen LogP contribution < -0.4 is 0 Å². The van der Waals surface area contributed by atoms with Crippen LogP contribution in [0.2, 0.25) is 10.0 Å². The fourth-order valence-electron chi connectivity index (χ4n) is 2.71.